The number of fused-ring (bicyclic) bond motifs is 1. The van der Waals surface area contributed by atoms with Crippen molar-refractivity contribution in [2.45, 2.75) is 38.3 Å². The van der Waals surface area contributed by atoms with Crippen LogP contribution in [0.3, 0.4) is 0 Å². The Morgan fingerprint density at radius 2 is 2.04 bits per heavy atom. The third-order valence-corrected chi connectivity index (χ3v) is 5.58. The van der Waals surface area contributed by atoms with Crippen molar-refractivity contribution in [3.63, 3.8) is 0 Å². The van der Waals surface area contributed by atoms with E-state index in [9.17, 15) is 9.59 Å². The number of ether oxygens (including phenoxy) is 2. The van der Waals surface area contributed by atoms with E-state index in [4.69, 9.17) is 9.47 Å². The van der Waals surface area contributed by atoms with Crippen molar-refractivity contribution in [3.8, 4) is 0 Å². The molecule has 0 unspecified atom stereocenters. The molecule has 3 rings (SSSR count). The molecule has 2 amide bonds. The van der Waals surface area contributed by atoms with Crippen LogP contribution in [-0.4, -0.2) is 67.6 Å². The Balaban J connectivity index is 1.47. The van der Waals surface area contributed by atoms with Crippen LogP contribution < -0.4 is 0 Å². The van der Waals surface area contributed by atoms with E-state index >= 15 is 0 Å². The van der Waals surface area contributed by atoms with E-state index < -0.39 is 0 Å². The van der Waals surface area contributed by atoms with E-state index in [-0.39, 0.29) is 24.5 Å². The van der Waals surface area contributed by atoms with Crippen LogP contribution in [-0.2, 0) is 25.7 Å². The van der Waals surface area contributed by atoms with Gasteiger partial charge in [0.25, 0.3) is 0 Å². The van der Waals surface area contributed by atoms with Gasteiger partial charge in [-0.2, -0.15) is 0 Å². The summed E-state index contributed by atoms with van der Waals surface area (Å²) in [4.78, 5) is 28.8. The number of rotatable bonds is 8. The number of carbonyl (C=O) groups excluding carboxylic acids is 2. The van der Waals surface area contributed by atoms with Gasteiger partial charge in [-0.15, -0.1) is 0 Å². The van der Waals surface area contributed by atoms with Gasteiger partial charge in [0.1, 0.15) is 6.61 Å². The molecule has 2 heterocycles. The highest BCUT2D eigenvalue weighted by Crippen LogP contribution is 2.31. The Morgan fingerprint density at radius 3 is 2.81 bits per heavy atom. The molecule has 1 aromatic rings. The molecule has 0 bridgehead atoms. The molecule has 6 heteroatoms. The first-order valence-electron chi connectivity index (χ1n) is 9.87. The number of hydrogen-bond donors (Lipinski definition) is 0. The molecule has 2 atom stereocenters. The number of piperidine rings is 2. The summed E-state index contributed by atoms with van der Waals surface area (Å²) < 4.78 is 10.7. The first kappa shape index (κ1) is 19.8. The SMILES string of the molecule is COCCCN1C(=O)CC[C@H]2CN(C(=O)COCc3ccccc3)CC[C@H]21. The largest absolute Gasteiger partial charge is 0.385 e. The molecule has 6 nitrogen and oxygen atoms in total. The smallest absolute Gasteiger partial charge is 0.248 e. The van der Waals surface area contributed by atoms with E-state index in [0.717, 1.165) is 37.9 Å². The molecule has 2 aliphatic heterocycles. The molecule has 2 aliphatic rings. The number of amides is 2. The number of likely N-dealkylation sites (tertiary alicyclic amines) is 2. The van der Waals surface area contributed by atoms with E-state index in [1.165, 1.54) is 0 Å². The molecule has 27 heavy (non-hydrogen) atoms. The second-order valence-corrected chi connectivity index (χ2v) is 7.41. The van der Waals surface area contributed by atoms with Gasteiger partial charge in [-0.25, -0.2) is 0 Å². The third kappa shape index (κ3) is 5.30. The van der Waals surface area contributed by atoms with E-state index in [2.05, 4.69) is 0 Å². The summed E-state index contributed by atoms with van der Waals surface area (Å²) in [5.74, 6) is 0.669. The van der Waals surface area contributed by atoms with Crippen LogP contribution in [0.2, 0.25) is 0 Å². The zero-order chi connectivity index (χ0) is 19.1. The molecular formula is C21H30N2O4. The second-order valence-electron chi connectivity index (χ2n) is 7.41. The zero-order valence-electron chi connectivity index (χ0n) is 16.1. The molecule has 0 aromatic heterocycles. The standard InChI is InChI=1S/C21H30N2O4/c1-26-13-5-11-23-19-10-12-22(14-18(19)8-9-20(23)24)21(25)16-27-15-17-6-3-2-4-7-17/h2-4,6-7,18-19H,5,8-16H2,1H3/t18-,19+/m0/s1. The zero-order valence-corrected chi connectivity index (χ0v) is 16.1. The predicted molar refractivity (Wildman–Crippen MR) is 102 cm³/mol. The van der Waals surface area contributed by atoms with Gasteiger partial charge in [0, 0.05) is 45.8 Å². The first-order chi connectivity index (χ1) is 13.2. The van der Waals surface area contributed by atoms with Crippen LogP contribution in [0.15, 0.2) is 30.3 Å². The van der Waals surface area contributed by atoms with Crippen molar-refractivity contribution in [1.82, 2.24) is 9.80 Å². The van der Waals surface area contributed by atoms with Gasteiger partial charge in [-0.1, -0.05) is 30.3 Å². The Bertz CT molecular complexity index is 622. The average molecular weight is 374 g/mol. The van der Waals surface area contributed by atoms with E-state index in [0.29, 0.717) is 32.1 Å². The Hall–Kier alpha value is -1.92. The fourth-order valence-electron chi connectivity index (χ4n) is 4.17. The average Bonchev–Trinajstić information content (AvgIpc) is 2.70. The molecule has 2 saturated heterocycles. The molecule has 0 spiro atoms. The summed E-state index contributed by atoms with van der Waals surface area (Å²) in [5.41, 5.74) is 1.07. The highest BCUT2D eigenvalue weighted by molar-refractivity contribution is 5.79. The lowest BCUT2D eigenvalue weighted by molar-refractivity contribution is -0.146. The lowest BCUT2D eigenvalue weighted by atomic mass is 9.83. The summed E-state index contributed by atoms with van der Waals surface area (Å²) >= 11 is 0. The minimum Gasteiger partial charge on any atom is -0.385 e. The monoisotopic (exact) mass is 374 g/mol. The van der Waals surface area contributed by atoms with Gasteiger partial charge in [-0.3, -0.25) is 9.59 Å². The van der Waals surface area contributed by atoms with Crippen molar-refractivity contribution >= 4 is 11.8 Å². The Kier molecular flexibility index (Phi) is 7.24. The molecule has 0 N–H and O–H groups in total. The van der Waals surface area contributed by atoms with E-state index in [1.54, 1.807) is 7.11 Å². The maximum atomic E-state index is 12.5. The summed E-state index contributed by atoms with van der Waals surface area (Å²) in [6, 6.07) is 10.1. The predicted octanol–water partition coefficient (Wildman–Crippen LogP) is 2.08. The van der Waals surface area contributed by atoms with Crippen LogP contribution in [0.5, 0.6) is 0 Å². The lowest BCUT2D eigenvalue weighted by Gasteiger charge is -2.47. The molecule has 0 radical (unpaired) electrons. The third-order valence-electron chi connectivity index (χ3n) is 5.58. The molecule has 0 saturated carbocycles. The lowest BCUT2D eigenvalue weighted by Crippen LogP contribution is -2.57. The van der Waals surface area contributed by atoms with Gasteiger partial charge < -0.3 is 19.3 Å². The topological polar surface area (TPSA) is 59.1 Å². The molecule has 2 fully saturated rings. The van der Waals surface area contributed by atoms with Gasteiger partial charge >= 0.3 is 0 Å². The van der Waals surface area contributed by atoms with Crippen molar-refractivity contribution in [1.29, 1.82) is 0 Å². The molecular weight excluding hydrogens is 344 g/mol. The number of methoxy groups -OCH3 is 1. The Labute approximate surface area is 161 Å². The maximum absolute atomic E-state index is 12.5. The summed E-state index contributed by atoms with van der Waals surface area (Å²) in [6.45, 7) is 3.42. The van der Waals surface area contributed by atoms with Crippen LogP contribution in [0.4, 0.5) is 0 Å². The summed E-state index contributed by atoms with van der Waals surface area (Å²) in [5, 5.41) is 0. The van der Waals surface area contributed by atoms with Gasteiger partial charge in [0.15, 0.2) is 0 Å². The minimum atomic E-state index is 0.0483. The summed E-state index contributed by atoms with van der Waals surface area (Å²) in [6.07, 6.45) is 3.18. The fourth-order valence-corrected chi connectivity index (χ4v) is 4.17. The molecule has 0 aliphatic carbocycles. The maximum Gasteiger partial charge on any atom is 0.248 e. The normalized spacial score (nSPS) is 22.6. The van der Waals surface area contributed by atoms with Crippen LogP contribution in [0, 0.1) is 5.92 Å². The number of benzene rings is 1. The number of nitrogens with zero attached hydrogens (tertiary/aromatic N) is 2. The van der Waals surface area contributed by atoms with Crippen LogP contribution in [0.1, 0.15) is 31.2 Å². The molecule has 148 valence electrons. The van der Waals surface area contributed by atoms with Crippen molar-refractivity contribution < 1.29 is 19.1 Å². The number of carbonyl (C=O) groups is 2. The quantitative estimate of drug-likeness (QED) is 0.654. The highest BCUT2D eigenvalue weighted by Gasteiger charge is 2.39. The fraction of sp³-hybridized carbons (Fsp3) is 0.619. The van der Waals surface area contributed by atoms with Crippen LogP contribution in [0.25, 0.3) is 0 Å². The van der Waals surface area contributed by atoms with Crippen molar-refractivity contribution in [2.75, 3.05) is 40.0 Å². The van der Waals surface area contributed by atoms with Gasteiger partial charge in [0.2, 0.25) is 11.8 Å². The summed E-state index contributed by atoms with van der Waals surface area (Å²) in [7, 11) is 1.69. The van der Waals surface area contributed by atoms with Crippen molar-refractivity contribution in [2.24, 2.45) is 5.92 Å². The number of hydrogen-bond acceptors (Lipinski definition) is 4. The first-order valence-corrected chi connectivity index (χ1v) is 9.87. The second kappa shape index (κ2) is 9.85. The van der Waals surface area contributed by atoms with Crippen molar-refractivity contribution in [3.05, 3.63) is 35.9 Å². The van der Waals surface area contributed by atoms with Crippen LogP contribution >= 0.6 is 0 Å². The van der Waals surface area contributed by atoms with E-state index in [1.807, 2.05) is 40.1 Å². The highest BCUT2D eigenvalue weighted by atomic mass is 16.5. The Morgan fingerprint density at radius 1 is 1.22 bits per heavy atom. The van der Waals surface area contributed by atoms with Gasteiger partial charge in [-0.05, 0) is 30.7 Å². The minimum absolute atomic E-state index is 0.0483. The van der Waals surface area contributed by atoms with Gasteiger partial charge in [0.05, 0.1) is 6.61 Å². The molecule has 1 aromatic carbocycles.